The van der Waals surface area contributed by atoms with Crippen LogP contribution in [0.1, 0.15) is 77.1 Å². The predicted molar refractivity (Wildman–Crippen MR) is 323 cm³/mol. The average molecular weight is 2050 g/mol. The zero-order valence-electron chi connectivity index (χ0n) is 47.0. The van der Waals surface area contributed by atoms with Crippen LogP contribution in [0.3, 0.4) is 0 Å². The fourth-order valence-electron chi connectivity index (χ4n) is 7.85. The maximum absolute atomic E-state index is 8.64. The van der Waals surface area contributed by atoms with Gasteiger partial charge in [-0.1, -0.05) is 80.3 Å². The minimum absolute atomic E-state index is 0. The second-order valence-corrected chi connectivity index (χ2v) is 18.1. The summed E-state index contributed by atoms with van der Waals surface area (Å²) in [6, 6.07) is 83.6. The van der Waals surface area contributed by atoms with Gasteiger partial charge in [0.15, 0.2) is 0 Å². The molecule has 5 aromatic heterocycles. The van der Waals surface area contributed by atoms with Crippen molar-refractivity contribution in [3.8, 4) is 23.0 Å². The second kappa shape index (κ2) is 47.2. The van der Waals surface area contributed by atoms with E-state index >= 15 is 0 Å². The molecule has 16 heteroatoms. The van der Waals surface area contributed by atoms with Crippen LogP contribution in [0.4, 0.5) is 0 Å². The summed E-state index contributed by atoms with van der Waals surface area (Å²) in [6.45, 7) is 17.2. The number of benzene rings is 6. The van der Waals surface area contributed by atoms with Gasteiger partial charge in [0.05, 0.1) is 11.4 Å². The molecular weight excluding hydrogens is 1990 g/mol. The van der Waals surface area contributed by atoms with Gasteiger partial charge in [-0.3, -0.25) is 33.2 Å². The minimum atomic E-state index is 0. The van der Waals surface area contributed by atoms with Crippen molar-refractivity contribution in [2.45, 2.75) is 59.3 Å². The van der Waals surface area contributed by atoms with Crippen LogP contribution in [-0.4, -0.2) is 43.3 Å². The first-order valence-corrected chi connectivity index (χ1v) is 31.2. The van der Waals surface area contributed by atoms with Crippen molar-refractivity contribution in [3.63, 3.8) is 0 Å². The molecule has 0 aliphatic carbocycles. The van der Waals surface area contributed by atoms with Crippen molar-refractivity contribution < 1.29 is 106 Å². The van der Waals surface area contributed by atoms with E-state index in [4.69, 9.17) is 14.9 Å². The van der Waals surface area contributed by atoms with Crippen LogP contribution in [0.5, 0.6) is 0 Å². The summed E-state index contributed by atoms with van der Waals surface area (Å²) in [5.41, 5.74) is 14.0. The van der Waals surface area contributed by atoms with E-state index in [2.05, 4.69) is 170 Å². The van der Waals surface area contributed by atoms with E-state index in [9.17, 15) is 0 Å². The van der Waals surface area contributed by atoms with Crippen molar-refractivity contribution >= 4 is 43.5 Å². The summed E-state index contributed by atoms with van der Waals surface area (Å²) in [4.78, 5) is 32.8. The van der Waals surface area contributed by atoms with Gasteiger partial charge in [-0.15, -0.1) is 47.5 Å². The number of carbonyl (C=O) groups excluding carboxylic acids is 2. The zero-order chi connectivity index (χ0) is 59.8. The molecule has 0 aliphatic heterocycles. The number of nitriles is 1. The van der Waals surface area contributed by atoms with Gasteiger partial charge in [0.1, 0.15) is 0 Å². The van der Waals surface area contributed by atoms with Crippen molar-refractivity contribution in [2.75, 3.05) is 0 Å². The molecule has 0 unspecified atom stereocenters. The first-order chi connectivity index (χ1) is 40.1. The predicted octanol–water partition coefficient (Wildman–Crippen LogP) is 15.4. The normalized spacial score (nSPS) is 9.27. The number of hydrogen-bond acceptors (Lipinski definition) is 8. The monoisotopic (exact) mass is 2050 g/mol. The summed E-state index contributed by atoms with van der Waals surface area (Å²) in [7, 11) is 9.28. The van der Waals surface area contributed by atoms with E-state index in [1.54, 1.807) is 24.5 Å². The first-order valence-electron chi connectivity index (χ1n) is 25.2. The van der Waals surface area contributed by atoms with Crippen molar-refractivity contribution in [1.82, 2.24) is 29.7 Å². The molecule has 0 N–H and O–H groups in total. The van der Waals surface area contributed by atoms with E-state index in [1.807, 2.05) is 164 Å². The molecule has 5 heterocycles. The molecule has 6 aromatic carbocycles. The van der Waals surface area contributed by atoms with E-state index in [1.165, 1.54) is 63.2 Å². The molecule has 0 saturated carbocycles. The molecule has 9 nitrogen and oxygen atoms in total. The van der Waals surface area contributed by atoms with E-state index in [0.29, 0.717) is 5.56 Å². The average Bonchev–Trinajstić information content (AvgIpc) is 4.05. The van der Waals surface area contributed by atoms with Gasteiger partial charge < -0.3 is 14.6 Å². The number of aromatic nitrogens is 6. The van der Waals surface area contributed by atoms with E-state index in [-0.39, 0.29) is 65.7 Å². The molecule has 11 aromatic rings. The fourth-order valence-corrected chi connectivity index (χ4v) is 7.85. The van der Waals surface area contributed by atoms with Gasteiger partial charge in [-0.2, -0.15) is 125 Å². The summed E-state index contributed by atoms with van der Waals surface area (Å²) in [6.07, 6.45) is 9.73. The Hall–Kier alpha value is -5.95. The Morgan fingerprint density at radius 3 is 1.62 bits per heavy atom. The Labute approximate surface area is 572 Å². The van der Waals surface area contributed by atoms with Crippen molar-refractivity contribution in [1.29, 1.82) is 5.26 Å². The maximum Gasteiger partial charge on any atom is 0.0504 e. The Morgan fingerprint density at radius 2 is 1.11 bits per heavy atom. The number of pyridine rings is 4. The number of para-hydroxylation sites is 1. The van der Waals surface area contributed by atoms with Crippen molar-refractivity contribution in [2.24, 2.45) is 0 Å². The molecule has 0 saturated heterocycles. The SMILES string of the molecule is CC(C)(C)c1ccc[c-]c1Cc1ccccn1.Cc1cc(C)n(-c2[c-]cccc2)n1.N#Cc1c[c-]c(Cc2ccccn2)cc1.[CH-]=O.[CH-]=O.[Cl][Ir+2].[Cl][Ir+2].[Ir].[Ir].[Ir].[c-]1ccccc1-c1ccccn1.[c-]1ccccc1Cc1nccc2ccccc12. The van der Waals surface area contributed by atoms with Crippen LogP contribution in [0.25, 0.3) is 27.7 Å². The summed E-state index contributed by atoms with van der Waals surface area (Å²) < 4.78 is 1.90. The van der Waals surface area contributed by atoms with Crippen LogP contribution >= 0.6 is 19.2 Å². The molecule has 0 spiro atoms. The molecule has 3 radical (unpaired) electrons. The number of nitrogens with zero attached hydrogens (tertiary/aromatic N) is 7. The van der Waals surface area contributed by atoms with Gasteiger partial charge in [0.25, 0.3) is 0 Å². The Balaban J connectivity index is 0.00000100. The fraction of sp³-hybridized carbons (Fsp3) is 0.130. The number of hydrogen-bond donors (Lipinski definition) is 0. The Kier molecular flexibility index (Phi) is 43.9. The molecule has 0 atom stereocenters. The van der Waals surface area contributed by atoms with Gasteiger partial charge in [0, 0.05) is 114 Å². The van der Waals surface area contributed by atoms with Crippen LogP contribution in [0.15, 0.2) is 225 Å². The second-order valence-electron chi connectivity index (χ2n) is 18.1. The van der Waals surface area contributed by atoms with Crippen molar-refractivity contribution in [3.05, 3.63) is 312 Å². The molecule has 85 heavy (non-hydrogen) atoms. The van der Waals surface area contributed by atoms with Gasteiger partial charge in [-0.25, -0.2) is 5.26 Å². The van der Waals surface area contributed by atoms with Gasteiger partial charge in [-0.05, 0) is 92.3 Å². The third-order valence-corrected chi connectivity index (χ3v) is 11.4. The minimum Gasteiger partial charge on any atom is -0.305 e. The smallest absolute Gasteiger partial charge is 0.0504 e. The Bertz CT molecular complexity index is 3430. The van der Waals surface area contributed by atoms with E-state index < -0.39 is 0 Å². The topological polar surface area (TPSA) is 127 Å². The third-order valence-electron chi connectivity index (χ3n) is 11.4. The summed E-state index contributed by atoms with van der Waals surface area (Å²) >= 11 is 2.94. The van der Waals surface area contributed by atoms with Gasteiger partial charge >= 0.3 is 54.9 Å². The largest absolute Gasteiger partial charge is 0.305 e. The van der Waals surface area contributed by atoms with Crippen LogP contribution in [0, 0.1) is 55.5 Å². The number of rotatable bonds is 8. The molecule has 0 amide bonds. The molecular formula is C69H60Cl2Ir5N7O2-3. The molecule has 0 fully saturated rings. The summed E-state index contributed by atoms with van der Waals surface area (Å²) in [5.74, 6) is 0. The van der Waals surface area contributed by atoms with Crippen LogP contribution in [0.2, 0.25) is 0 Å². The molecule has 11 rings (SSSR count). The zero-order valence-corrected chi connectivity index (χ0v) is 60.5. The van der Waals surface area contributed by atoms with Gasteiger partial charge in [0.2, 0.25) is 0 Å². The summed E-state index contributed by atoms with van der Waals surface area (Å²) in [5, 5.41) is 15.5. The van der Waals surface area contributed by atoms with Crippen LogP contribution < -0.4 is 0 Å². The van der Waals surface area contributed by atoms with Crippen LogP contribution in [-0.2, 0) is 130 Å². The van der Waals surface area contributed by atoms with E-state index in [0.717, 1.165) is 70.2 Å². The number of fused-ring (bicyclic) bond motifs is 1. The quantitative estimate of drug-likeness (QED) is 0.109. The molecule has 445 valence electrons. The number of halogens is 2. The third kappa shape index (κ3) is 29.3. The first kappa shape index (κ1) is 79.0. The standard InChI is InChI=1S/C16H12N.C16H18N.C13H9N2.C11H11N2.C11H8N.2CHO.2ClH.5Ir/c1-2-6-13(7-3-1)12-16-15-9-5-4-8-14(15)10-11-17-16;1-16(2,3)15-10-5-4-8-13(15)12-14-9-6-7-11-17-14;14-10-12-6-4-11(5-7-12)9-13-3-1-2-8-15-13;1-9-8-10(2)13(12-9)11-6-4-3-5-7-11;1-2-6-10(7-3-1)11-8-4-5-9-12-11;2*1-2;;;;;;;/h1-6,8-11H,12H2;4-7,9-11H,12H2,1-3H3;1-4,6-8H,9H2;3-6,8H,1-2H3;1-6,8-9H;2*1H;2*1H;;;;;/q7*-1;;;;;;2*+3/p-2. The molecule has 0 aliphatic rings. The maximum atomic E-state index is 8.64. The number of aryl methyl sites for hydroxylation is 2. The Morgan fingerprint density at radius 1 is 0.541 bits per heavy atom. The molecule has 0 bridgehead atoms.